The lowest BCUT2D eigenvalue weighted by Gasteiger charge is -2.11. The van der Waals surface area contributed by atoms with E-state index in [-0.39, 0.29) is 11.6 Å². The van der Waals surface area contributed by atoms with Crippen molar-refractivity contribution in [3.8, 4) is 17.2 Å². The van der Waals surface area contributed by atoms with Gasteiger partial charge in [-0.1, -0.05) is 43.1 Å². The molecule has 1 aliphatic heterocycles. The smallest absolute Gasteiger partial charge is 0.363 e. The van der Waals surface area contributed by atoms with Crippen molar-refractivity contribution in [2.45, 2.75) is 26.4 Å². The summed E-state index contributed by atoms with van der Waals surface area (Å²) >= 11 is 5.93. The highest BCUT2D eigenvalue weighted by Gasteiger charge is 2.24. The highest BCUT2D eigenvalue weighted by Crippen LogP contribution is 2.30. The van der Waals surface area contributed by atoms with Crippen LogP contribution in [-0.2, 0) is 16.1 Å². The Morgan fingerprint density at radius 1 is 0.971 bits per heavy atom. The number of nitrogens with zero attached hydrogens (tertiary/aromatic N) is 1. The predicted octanol–water partition coefficient (Wildman–Crippen LogP) is 6.45. The van der Waals surface area contributed by atoms with E-state index in [9.17, 15) is 4.79 Å². The lowest BCUT2D eigenvalue weighted by Crippen LogP contribution is -2.05. The number of benzene rings is 3. The van der Waals surface area contributed by atoms with Crippen LogP contribution in [-0.4, -0.2) is 25.6 Å². The van der Waals surface area contributed by atoms with Gasteiger partial charge < -0.3 is 18.9 Å². The van der Waals surface area contributed by atoms with Gasteiger partial charge in [0.2, 0.25) is 5.90 Å². The summed E-state index contributed by atoms with van der Waals surface area (Å²) in [6, 6.07) is 20.2. The number of halogens is 1. The molecular formula is C28H26ClNO5. The molecule has 0 amide bonds. The minimum atomic E-state index is -0.509. The molecule has 6 nitrogen and oxygen atoms in total. The average molecular weight is 492 g/mol. The minimum absolute atomic E-state index is 0.208. The van der Waals surface area contributed by atoms with E-state index in [1.54, 1.807) is 25.3 Å². The van der Waals surface area contributed by atoms with E-state index in [1.807, 2.05) is 54.6 Å². The SMILES string of the molecule is CCCCOc1ccc(C2=N/C(=C\c3ccc(OCc4ccc(Cl)cc4)c(OC)c3)C(=O)O2)cc1. The molecule has 180 valence electrons. The number of methoxy groups -OCH3 is 1. The van der Waals surface area contributed by atoms with E-state index in [1.165, 1.54) is 0 Å². The number of hydrogen-bond acceptors (Lipinski definition) is 6. The van der Waals surface area contributed by atoms with Crippen LogP contribution in [0.15, 0.2) is 77.4 Å². The molecule has 0 aromatic heterocycles. The van der Waals surface area contributed by atoms with Crippen molar-refractivity contribution >= 4 is 29.5 Å². The number of unbranched alkanes of at least 4 members (excludes halogenated alkanes) is 1. The molecule has 0 aliphatic carbocycles. The second-order valence-corrected chi connectivity index (χ2v) is 8.32. The van der Waals surface area contributed by atoms with Crippen LogP contribution in [0.5, 0.6) is 17.2 Å². The van der Waals surface area contributed by atoms with Crippen molar-refractivity contribution < 1.29 is 23.7 Å². The Bertz CT molecular complexity index is 1230. The zero-order valence-corrected chi connectivity index (χ0v) is 20.4. The highest BCUT2D eigenvalue weighted by molar-refractivity contribution is 6.30. The normalized spacial score (nSPS) is 14.0. The largest absolute Gasteiger partial charge is 0.494 e. The molecule has 0 saturated carbocycles. The zero-order valence-electron chi connectivity index (χ0n) is 19.6. The molecule has 0 spiro atoms. The molecule has 0 fully saturated rings. The molecule has 0 radical (unpaired) electrons. The third-order valence-corrected chi connectivity index (χ3v) is 5.54. The second-order valence-electron chi connectivity index (χ2n) is 7.89. The van der Waals surface area contributed by atoms with Gasteiger partial charge in [-0.15, -0.1) is 0 Å². The maximum Gasteiger partial charge on any atom is 0.363 e. The molecular weight excluding hydrogens is 466 g/mol. The summed E-state index contributed by atoms with van der Waals surface area (Å²) in [5, 5.41) is 0.674. The second kappa shape index (κ2) is 11.6. The molecule has 4 rings (SSSR count). The number of cyclic esters (lactones) is 1. The Morgan fingerprint density at radius 2 is 1.74 bits per heavy atom. The number of carbonyl (C=O) groups excluding carboxylic acids is 1. The Hall–Kier alpha value is -3.77. The van der Waals surface area contributed by atoms with Gasteiger partial charge in [-0.25, -0.2) is 9.79 Å². The van der Waals surface area contributed by atoms with Gasteiger partial charge in [-0.3, -0.25) is 0 Å². The van der Waals surface area contributed by atoms with Crippen LogP contribution < -0.4 is 14.2 Å². The summed E-state index contributed by atoms with van der Waals surface area (Å²) in [6.07, 6.45) is 3.73. The Kier molecular flexibility index (Phi) is 8.06. The molecule has 7 heteroatoms. The summed E-state index contributed by atoms with van der Waals surface area (Å²) in [4.78, 5) is 16.8. The summed E-state index contributed by atoms with van der Waals surface area (Å²) in [6.45, 7) is 3.16. The van der Waals surface area contributed by atoms with Gasteiger partial charge in [0.05, 0.1) is 13.7 Å². The quantitative estimate of drug-likeness (QED) is 0.185. The summed E-state index contributed by atoms with van der Waals surface area (Å²) < 4.78 is 22.4. The number of esters is 1. The summed E-state index contributed by atoms with van der Waals surface area (Å²) in [5.41, 5.74) is 2.63. The Balaban J connectivity index is 1.46. The molecule has 0 saturated heterocycles. The van der Waals surface area contributed by atoms with Crippen molar-refractivity contribution in [1.82, 2.24) is 0 Å². The van der Waals surface area contributed by atoms with Crippen molar-refractivity contribution in [2.75, 3.05) is 13.7 Å². The Morgan fingerprint density at radius 3 is 2.46 bits per heavy atom. The van der Waals surface area contributed by atoms with E-state index >= 15 is 0 Å². The van der Waals surface area contributed by atoms with Gasteiger partial charge in [-0.2, -0.15) is 0 Å². The number of carbonyl (C=O) groups is 1. The molecule has 1 aliphatic rings. The van der Waals surface area contributed by atoms with Crippen LogP contribution in [0.3, 0.4) is 0 Å². The lowest BCUT2D eigenvalue weighted by molar-refractivity contribution is -0.129. The molecule has 3 aromatic carbocycles. The van der Waals surface area contributed by atoms with Gasteiger partial charge in [0.1, 0.15) is 12.4 Å². The first kappa shape index (κ1) is 24.4. The summed E-state index contributed by atoms with van der Waals surface area (Å²) in [5.74, 6) is 1.65. The number of rotatable bonds is 10. The standard InChI is InChI=1S/C28H26ClNO5/c1-3-4-15-33-23-12-8-21(9-13-23)27-30-24(28(31)35-27)16-20-7-14-25(26(17-20)32-2)34-18-19-5-10-22(29)11-6-19/h5-14,16-17H,3-4,15,18H2,1-2H3/b24-16-. The summed E-state index contributed by atoms with van der Waals surface area (Å²) in [7, 11) is 1.57. The van der Waals surface area contributed by atoms with E-state index in [0.29, 0.717) is 35.3 Å². The predicted molar refractivity (Wildman–Crippen MR) is 136 cm³/mol. The van der Waals surface area contributed by atoms with Crippen molar-refractivity contribution in [3.05, 3.63) is 94.1 Å². The van der Waals surface area contributed by atoms with Crippen molar-refractivity contribution in [1.29, 1.82) is 0 Å². The van der Waals surface area contributed by atoms with E-state index in [2.05, 4.69) is 11.9 Å². The van der Waals surface area contributed by atoms with Crippen LogP contribution >= 0.6 is 11.6 Å². The molecule has 3 aromatic rings. The minimum Gasteiger partial charge on any atom is -0.494 e. The van der Waals surface area contributed by atoms with Crippen molar-refractivity contribution in [2.24, 2.45) is 4.99 Å². The fraction of sp³-hybridized carbons (Fsp3) is 0.214. The molecule has 0 N–H and O–H groups in total. The van der Waals surface area contributed by atoms with Crippen LogP contribution in [0, 0.1) is 0 Å². The lowest BCUT2D eigenvalue weighted by atomic mass is 10.1. The van der Waals surface area contributed by atoms with Crippen LogP contribution in [0.25, 0.3) is 6.08 Å². The van der Waals surface area contributed by atoms with Crippen molar-refractivity contribution in [3.63, 3.8) is 0 Å². The fourth-order valence-corrected chi connectivity index (χ4v) is 3.48. The number of hydrogen-bond donors (Lipinski definition) is 0. The zero-order chi connectivity index (χ0) is 24.6. The van der Waals surface area contributed by atoms with Gasteiger partial charge in [0.15, 0.2) is 17.2 Å². The third kappa shape index (κ3) is 6.43. The fourth-order valence-electron chi connectivity index (χ4n) is 3.35. The van der Waals surface area contributed by atoms with E-state index in [0.717, 1.165) is 29.7 Å². The molecule has 1 heterocycles. The maximum absolute atomic E-state index is 12.4. The van der Waals surface area contributed by atoms with Gasteiger partial charge in [0, 0.05) is 10.6 Å². The molecule has 0 atom stereocenters. The van der Waals surface area contributed by atoms with Crippen LogP contribution in [0.2, 0.25) is 5.02 Å². The molecule has 35 heavy (non-hydrogen) atoms. The Labute approximate surface area is 209 Å². The average Bonchev–Trinajstić information content (AvgIpc) is 3.24. The van der Waals surface area contributed by atoms with Gasteiger partial charge in [-0.05, 0) is 72.2 Å². The maximum atomic E-state index is 12.4. The first-order valence-electron chi connectivity index (χ1n) is 11.4. The monoisotopic (exact) mass is 491 g/mol. The van der Waals surface area contributed by atoms with Gasteiger partial charge >= 0.3 is 5.97 Å². The van der Waals surface area contributed by atoms with Crippen LogP contribution in [0.1, 0.15) is 36.5 Å². The first-order valence-corrected chi connectivity index (χ1v) is 11.7. The molecule has 0 bridgehead atoms. The molecule has 0 unspecified atom stereocenters. The van der Waals surface area contributed by atoms with E-state index in [4.69, 9.17) is 30.5 Å². The number of ether oxygens (including phenoxy) is 4. The van der Waals surface area contributed by atoms with E-state index < -0.39 is 5.97 Å². The first-order chi connectivity index (χ1) is 17.1. The van der Waals surface area contributed by atoms with Gasteiger partial charge in [0.25, 0.3) is 0 Å². The third-order valence-electron chi connectivity index (χ3n) is 5.29. The van der Waals surface area contributed by atoms with Crippen LogP contribution in [0.4, 0.5) is 0 Å². The number of aliphatic imine (C=N–C) groups is 1. The topological polar surface area (TPSA) is 66.3 Å². The highest BCUT2D eigenvalue weighted by atomic mass is 35.5.